The van der Waals surface area contributed by atoms with Crippen molar-refractivity contribution in [2.24, 2.45) is 0 Å². The fraction of sp³-hybridized carbons (Fsp3) is 0.846. The Morgan fingerprint density at radius 1 is 1.00 bits per heavy atom. The lowest BCUT2D eigenvalue weighted by molar-refractivity contribution is -0.158. The van der Waals surface area contributed by atoms with Crippen molar-refractivity contribution in [3.05, 3.63) is 0 Å². The first-order valence-electron chi connectivity index (χ1n) is 6.60. The molecule has 0 aromatic heterocycles. The maximum atomic E-state index is 11.5. The summed E-state index contributed by atoms with van der Waals surface area (Å²) in [7, 11) is 0. The molecule has 0 spiro atoms. The van der Waals surface area contributed by atoms with Crippen LogP contribution in [0.25, 0.3) is 0 Å². The van der Waals surface area contributed by atoms with Gasteiger partial charge in [0.1, 0.15) is 12.7 Å². The molecule has 112 valence electrons. The van der Waals surface area contributed by atoms with Gasteiger partial charge in [-0.1, -0.05) is 13.8 Å². The Morgan fingerprint density at radius 2 is 1.47 bits per heavy atom. The van der Waals surface area contributed by atoms with E-state index >= 15 is 0 Å². The van der Waals surface area contributed by atoms with Crippen molar-refractivity contribution in [3.63, 3.8) is 0 Å². The first-order valence-corrected chi connectivity index (χ1v) is 7.63. The van der Waals surface area contributed by atoms with Crippen molar-refractivity contribution in [1.82, 2.24) is 0 Å². The van der Waals surface area contributed by atoms with Gasteiger partial charge in [0.05, 0.1) is 12.8 Å². The lowest BCUT2D eigenvalue weighted by Gasteiger charge is -2.15. The van der Waals surface area contributed by atoms with Gasteiger partial charge in [0.15, 0.2) is 0 Å². The zero-order valence-electron chi connectivity index (χ0n) is 11.8. The van der Waals surface area contributed by atoms with E-state index in [1.807, 2.05) is 13.8 Å². The fourth-order valence-corrected chi connectivity index (χ4v) is 1.55. The van der Waals surface area contributed by atoms with Crippen molar-refractivity contribution in [1.29, 1.82) is 0 Å². The highest BCUT2D eigenvalue weighted by molar-refractivity contribution is 7.81. The van der Waals surface area contributed by atoms with Crippen LogP contribution in [0.4, 0.5) is 0 Å². The smallest absolute Gasteiger partial charge is 0.307 e. The fourth-order valence-electron chi connectivity index (χ4n) is 1.25. The van der Waals surface area contributed by atoms with E-state index in [0.29, 0.717) is 0 Å². The highest BCUT2D eigenvalue weighted by atomic mass is 32.1. The monoisotopic (exact) mass is 308 g/mol. The number of carbonyl (C=O) groups excluding carboxylic acids is 2. The van der Waals surface area contributed by atoms with Gasteiger partial charge in [0.2, 0.25) is 0 Å². The van der Waals surface area contributed by atoms with Crippen LogP contribution < -0.4 is 0 Å². The van der Waals surface area contributed by atoms with E-state index in [9.17, 15) is 9.59 Å². The van der Waals surface area contributed by atoms with E-state index in [4.69, 9.17) is 9.47 Å². The molecule has 0 bridgehead atoms. The molecule has 0 fully saturated rings. The number of rotatable bonds is 9. The van der Waals surface area contributed by atoms with Gasteiger partial charge in [-0.3, -0.25) is 9.59 Å². The standard InChI is InChI=1S/C13H24O4S2/c1-4-10(18)6-12(14)16-8-9(3)17-13(15)7-11(19)5-2/h9-11,18-19H,4-8H2,1-3H3. The second-order valence-electron chi connectivity index (χ2n) is 4.52. The summed E-state index contributed by atoms with van der Waals surface area (Å²) in [6, 6.07) is 0. The summed E-state index contributed by atoms with van der Waals surface area (Å²) in [4.78, 5) is 22.9. The van der Waals surface area contributed by atoms with E-state index in [2.05, 4.69) is 25.3 Å². The van der Waals surface area contributed by atoms with Crippen molar-refractivity contribution >= 4 is 37.2 Å². The minimum Gasteiger partial charge on any atom is -0.462 e. The molecule has 0 saturated carbocycles. The summed E-state index contributed by atoms with van der Waals surface area (Å²) < 4.78 is 10.1. The Kier molecular flexibility index (Phi) is 10.2. The van der Waals surface area contributed by atoms with Crippen LogP contribution in [-0.4, -0.2) is 35.1 Å². The Balaban J connectivity index is 3.83. The molecular weight excluding hydrogens is 284 g/mol. The zero-order chi connectivity index (χ0) is 14.8. The third kappa shape index (κ3) is 10.1. The highest BCUT2D eigenvalue weighted by Gasteiger charge is 2.15. The lowest BCUT2D eigenvalue weighted by Crippen LogP contribution is -2.24. The molecule has 0 aromatic rings. The normalized spacial score (nSPS) is 15.4. The van der Waals surface area contributed by atoms with Crippen LogP contribution in [0.5, 0.6) is 0 Å². The van der Waals surface area contributed by atoms with Gasteiger partial charge in [0.25, 0.3) is 0 Å². The molecule has 0 aromatic carbocycles. The zero-order valence-corrected chi connectivity index (χ0v) is 13.6. The highest BCUT2D eigenvalue weighted by Crippen LogP contribution is 2.09. The third-order valence-corrected chi connectivity index (χ3v) is 3.65. The number of ether oxygens (including phenoxy) is 2. The summed E-state index contributed by atoms with van der Waals surface area (Å²) >= 11 is 8.45. The topological polar surface area (TPSA) is 52.6 Å². The van der Waals surface area contributed by atoms with Gasteiger partial charge in [-0.15, -0.1) is 0 Å². The van der Waals surface area contributed by atoms with Crippen molar-refractivity contribution in [2.75, 3.05) is 6.61 Å². The third-order valence-electron chi connectivity index (χ3n) is 2.56. The second-order valence-corrected chi connectivity index (χ2v) is 5.98. The number of hydrogen-bond acceptors (Lipinski definition) is 6. The number of hydrogen-bond donors (Lipinski definition) is 2. The molecule has 0 N–H and O–H groups in total. The van der Waals surface area contributed by atoms with Crippen LogP contribution in [0.15, 0.2) is 0 Å². The van der Waals surface area contributed by atoms with Crippen molar-refractivity contribution in [3.8, 4) is 0 Å². The minimum absolute atomic E-state index is 0.0109. The molecule has 0 rings (SSSR count). The first-order chi connectivity index (χ1) is 8.88. The summed E-state index contributed by atoms with van der Waals surface area (Å²) in [5.41, 5.74) is 0. The molecule has 0 radical (unpaired) electrons. The molecule has 0 aliphatic carbocycles. The number of thiol groups is 2. The molecule has 3 unspecified atom stereocenters. The second kappa shape index (κ2) is 10.4. The number of esters is 2. The predicted molar refractivity (Wildman–Crippen MR) is 81.9 cm³/mol. The number of carbonyl (C=O) groups is 2. The van der Waals surface area contributed by atoms with E-state index in [1.54, 1.807) is 6.92 Å². The molecule has 0 heterocycles. The Labute approximate surface area is 126 Å². The minimum atomic E-state index is -0.436. The van der Waals surface area contributed by atoms with E-state index < -0.39 is 6.10 Å². The molecule has 4 nitrogen and oxygen atoms in total. The van der Waals surface area contributed by atoms with Gasteiger partial charge in [-0.25, -0.2) is 0 Å². The molecular formula is C13H24O4S2. The molecule has 0 saturated heterocycles. The average molecular weight is 308 g/mol. The van der Waals surface area contributed by atoms with Gasteiger partial charge >= 0.3 is 11.9 Å². The maximum absolute atomic E-state index is 11.5. The molecule has 19 heavy (non-hydrogen) atoms. The van der Waals surface area contributed by atoms with E-state index in [0.717, 1.165) is 12.8 Å². The quantitative estimate of drug-likeness (QED) is 0.508. The molecule has 6 heteroatoms. The van der Waals surface area contributed by atoms with Crippen LogP contribution in [0, 0.1) is 0 Å². The van der Waals surface area contributed by atoms with Gasteiger partial charge < -0.3 is 9.47 Å². The summed E-state index contributed by atoms with van der Waals surface area (Å²) in [6.45, 7) is 5.69. The van der Waals surface area contributed by atoms with E-state index in [-0.39, 0.29) is 41.9 Å². The average Bonchev–Trinajstić information content (AvgIpc) is 2.35. The van der Waals surface area contributed by atoms with Crippen LogP contribution in [0.1, 0.15) is 46.5 Å². The summed E-state index contributed by atoms with van der Waals surface area (Å²) in [5.74, 6) is -0.628. The summed E-state index contributed by atoms with van der Waals surface area (Å²) in [5, 5.41) is 0.0246. The molecule has 0 amide bonds. The first kappa shape index (κ1) is 18.6. The summed E-state index contributed by atoms with van der Waals surface area (Å²) in [6.07, 6.45) is 1.72. The lowest BCUT2D eigenvalue weighted by atomic mass is 10.2. The van der Waals surface area contributed by atoms with Gasteiger partial charge in [0, 0.05) is 10.5 Å². The van der Waals surface area contributed by atoms with Gasteiger partial charge in [-0.05, 0) is 19.8 Å². The Morgan fingerprint density at radius 3 is 1.95 bits per heavy atom. The molecule has 0 aliphatic rings. The van der Waals surface area contributed by atoms with E-state index in [1.165, 1.54) is 0 Å². The maximum Gasteiger partial charge on any atom is 0.307 e. The molecule has 0 aliphatic heterocycles. The SMILES string of the molecule is CCC(S)CC(=O)OCC(C)OC(=O)CC(S)CC. The van der Waals surface area contributed by atoms with Crippen LogP contribution in [0.2, 0.25) is 0 Å². The van der Waals surface area contributed by atoms with Crippen LogP contribution >= 0.6 is 25.3 Å². The van der Waals surface area contributed by atoms with Crippen molar-refractivity contribution in [2.45, 2.75) is 63.1 Å². The Hall–Kier alpha value is -0.360. The Bertz CT molecular complexity index is 284. The molecule has 3 atom stereocenters. The van der Waals surface area contributed by atoms with Crippen molar-refractivity contribution < 1.29 is 19.1 Å². The van der Waals surface area contributed by atoms with Crippen LogP contribution in [-0.2, 0) is 19.1 Å². The predicted octanol–water partition coefficient (Wildman–Crippen LogP) is 2.66. The van der Waals surface area contributed by atoms with Gasteiger partial charge in [-0.2, -0.15) is 25.3 Å². The van der Waals surface area contributed by atoms with Crippen LogP contribution in [0.3, 0.4) is 0 Å². The largest absolute Gasteiger partial charge is 0.462 e.